The summed E-state index contributed by atoms with van der Waals surface area (Å²) < 4.78 is 11.0. The number of rotatable bonds is 8. The number of piperidine rings is 1. The van der Waals surface area contributed by atoms with Crippen LogP contribution in [0.3, 0.4) is 0 Å². The van der Waals surface area contributed by atoms with Crippen molar-refractivity contribution in [3.63, 3.8) is 0 Å². The van der Waals surface area contributed by atoms with Crippen LogP contribution in [0, 0.1) is 0 Å². The molecule has 0 spiro atoms. The Morgan fingerprint density at radius 2 is 1.91 bits per heavy atom. The highest BCUT2D eigenvalue weighted by Gasteiger charge is 2.24. The molecule has 1 aliphatic rings. The van der Waals surface area contributed by atoms with E-state index in [2.05, 4.69) is 15.6 Å². The monoisotopic (exact) mass is 567 g/mol. The number of nitrogens with zero attached hydrogens (tertiary/aromatic N) is 3. The molecule has 0 aliphatic carbocycles. The number of halogens is 1. The summed E-state index contributed by atoms with van der Waals surface area (Å²) in [5.41, 5.74) is 2.02. The number of nitrogens with one attached hydrogen (secondary N) is 2. The van der Waals surface area contributed by atoms with Gasteiger partial charge < -0.3 is 25.0 Å². The van der Waals surface area contributed by atoms with Gasteiger partial charge in [0.25, 0.3) is 0 Å². The van der Waals surface area contributed by atoms with E-state index < -0.39 is 0 Å². The van der Waals surface area contributed by atoms with Gasteiger partial charge in [-0.1, -0.05) is 36.4 Å². The quantitative estimate of drug-likeness (QED) is 0.286. The van der Waals surface area contributed by atoms with Crippen LogP contribution in [0.15, 0.2) is 53.7 Å². The molecule has 33 heavy (non-hydrogen) atoms. The van der Waals surface area contributed by atoms with Crippen LogP contribution < -0.4 is 15.4 Å². The molecule has 1 fully saturated rings. The minimum atomic E-state index is -0.230. The number of ether oxygens (including phenoxy) is 2. The summed E-state index contributed by atoms with van der Waals surface area (Å²) in [6, 6.07) is 14.2. The molecule has 2 aromatic rings. The van der Waals surface area contributed by atoms with Crippen molar-refractivity contribution in [2.75, 3.05) is 26.2 Å². The molecule has 0 bridgehead atoms. The van der Waals surface area contributed by atoms with E-state index in [1.165, 1.54) is 0 Å². The van der Waals surface area contributed by atoms with Crippen LogP contribution in [0.5, 0.6) is 5.88 Å². The fourth-order valence-electron chi connectivity index (χ4n) is 3.50. The lowest BCUT2D eigenvalue weighted by molar-refractivity contribution is 0.0963. The number of hydrogen-bond acceptors (Lipinski definition) is 5. The number of guanidine groups is 1. The SMILES string of the molecule is CCNC(=NCc1cccnc1OCc1ccccc1)NC1CCN(C(=O)OCC)CC1.I. The van der Waals surface area contributed by atoms with E-state index in [-0.39, 0.29) is 36.1 Å². The predicted molar refractivity (Wildman–Crippen MR) is 140 cm³/mol. The average molecular weight is 567 g/mol. The van der Waals surface area contributed by atoms with Gasteiger partial charge in [0, 0.05) is 37.4 Å². The highest BCUT2D eigenvalue weighted by Crippen LogP contribution is 2.17. The first-order chi connectivity index (χ1) is 15.7. The lowest BCUT2D eigenvalue weighted by Gasteiger charge is -2.32. The summed E-state index contributed by atoms with van der Waals surface area (Å²) in [7, 11) is 0. The van der Waals surface area contributed by atoms with Gasteiger partial charge in [-0.15, -0.1) is 24.0 Å². The largest absolute Gasteiger partial charge is 0.473 e. The number of benzene rings is 1. The third-order valence-corrected chi connectivity index (χ3v) is 5.18. The van der Waals surface area contributed by atoms with Crippen molar-refractivity contribution >= 4 is 36.0 Å². The average Bonchev–Trinajstić information content (AvgIpc) is 2.83. The Morgan fingerprint density at radius 1 is 1.15 bits per heavy atom. The Bertz CT molecular complexity index is 873. The van der Waals surface area contributed by atoms with Gasteiger partial charge in [-0.3, -0.25) is 0 Å². The zero-order valence-electron chi connectivity index (χ0n) is 19.3. The zero-order valence-corrected chi connectivity index (χ0v) is 21.7. The van der Waals surface area contributed by atoms with Crippen molar-refractivity contribution < 1.29 is 14.3 Å². The molecule has 0 unspecified atom stereocenters. The van der Waals surface area contributed by atoms with E-state index in [1.807, 2.05) is 56.3 Å². The number of hydrogen-bond donors (Lipinski definition) is 2. The molecule has 9 heteroatoms. The number of likely N-dealkylation sites (tertiary alicyclic amines) is 1. The highest BCUT2D eigenvalue weighted by molar-refractivity contribution is 14.0. The van der Waals surface area contributed by atoms with Crippen LogP contribution in [0.25, 0.3) is 0 Å². The number of carbonyl (C=O) groups is 1. The molecular formula is C24H34IN5O3. The number of carbonyl (C=O) groups excluding carboxylic acids is 1. The summed E-state index contributed by atoms with van der Waals surface area (Å²) in [6.45, 7) is 7.30. The lowest BCUT2D eigenvalue weighted by Crippen LogP contribution is -2.49. The summed E-state index contributed by atoms with van der Waals surface area (Å²) in [5.74, 6) is 1.35. The van der Waals surface area contributed by atoms with Crippen LogP contribution in [-0.2, 0) is 17.9 Å². The second-order valence-electron chi connectivity index (χ2n) is 7.54. The van der Waals surface area contributed by atoms with Crippen molar-refractivity contribution in [3.8, 4) is 5.88 Å². The Balaban J connectivity index is 0.00000385. The summed E-state index contributed by atoms with van der Waals surface area (Å²) >= 11 is 0. The molecule has 1 aliphatic heterocycles. The molecule has 1 amide bonds. The van der Waals surface area contributed by atoms with Gasteiger partial charge in [0.15, 0.2) is 5.96 Å². The van der Waals surface area contributed by atoms with Crippen LogP contribution in [0.1, 0.15) is 37.8 Å². The normalized spacial score (nSPS) is 14.2. The standard InChI is InChI=1S/C24H33N5O3.HI/c1-3-25-23(28-21-12-15-29(16-13-21)24(30)31-4-2)27-17-20-11-8-14-26-22(20)32-18-19-9-6-5-7-10-19;/h5-11,14,21H,3-4,12-13,15-18H2,1-2H3,(H2,25,27,28);1H. The fraction of sp³-hybridized carbons (Fsp3) is 0.458. The van der Waals surface area contributed by atoms with Crippen molar-refractivity contribution in [3.05, 3.63) is 59.8 Å². The van der Waals surface area contributed by atoms with Crippen molar-refractivity contribution in [2.24, 2.45) is 4.99 Å². The second-order valence-corrected chi connectivity index (χ2v) is 7.54. The molecule has 0 atom stereocenters. The molecule has 0 radical (unpaired) electrons. The number of amides is 1. The molecule has 8 nitrogen and oxygen atoms in total. The molecule has 2 N–H and O–H groups in total. The maximum absolute atomic E-state index is 11.9. The number of pyridine rings is 1. The van der Waals surface area contributed by atoms with Crippen LogP contribution in [0.4, 0.5) is 4.79 Å². The molecule has 0 saturated carbocycles. The van der Waals surface area contributed by atoms with E-state index in [0.29, 0.717) is 38.7 Å². The van der Waals surface area contributed by atoms with E-state index in [0.717, 1.165) is 36.5 Å². The molecule has 1 aromatic heterocycles. The van der Waals surface area contributed by atoms with E-state index in [9.17, 15) is 4.79 Å². The second kappa shape index (κ2) is 14.6. The Kier molecular flexibility index (Phi) is 11.8. The van der Waals surface area contributed by atoms with Crippen LogP contribution in [-0.4, -0.2) is 54.2 Å². The predicted octanol–water partition coefficient (Wildman–Crippen LogP) is 3.95. The minimum Gasteiger partial charge on any atom is -0.473 e. The van der Waals surface area contributed by atoms with Gasteiger partial charge >= 0.3 is 6.09 Å². The number of aliphatic imine (C=N–C) groups is 1. The molecule has 2 heterocycles. The first-order valence-electron chi connectivity index (χ1n) is 11.3. The molecule has 3 rings (SSSR count). The molecular weight excluding hydrogens is 533 g/mol. The molecule has 180 valence electrons. The molecule has 1 aromatic carbocycles. The van der Waals surface area contributed by atoms with Crippen LogP contribution in [0.2, 0.25) is 0 Å². The first kappa shape index (κ1) is 26.7. The summed E-state index contributed by atoms with van der Waals surface area (Å²) in [4.78, 5) is 22.8. The van der Waals surface area contributed by atoms with Gasteiger partial charge in [-0.25, -0.2) is 14.8 Å². The zero-order chi connectivity index (χ0) is 22.6. The summed E-state index contributed by atoms with van der Waals surface area (Å²) in [5, 5.41) is 6.80. The molecule has 1 saturated heterocycles. The minimum absolute atomic E-state index is 0. The third kappa shape index (κ3) is 8.71. The highest BCUT2D eigenvalue weighted by atomic mass is 127. The Labute approximate surface area is 213 Å². The van der Waals surface area contributed by atoms with E-state index in [1.54, 1.807) is 11.1 Å². The van der Waals surface area contributed by atoms with E-state index in [4.69, 9.17) is 14.5 Å². The van der Waals surface area contributed by atoms with Gasteiger partial charge in [-0.05, 0) is 38.3 Å². The van der Waals surface area contributed by atoms with Gasteiger partial charge in [0.05, 0.1) is 13.2 Å². The smallest absolute Gasteiger partial charge is 0.409 e. The summed E-state index contributed by atoms with van der Waals surface area (Å²) in [6.07, 6.45) is 3.20. The van der Waals surface area contributed by atoms with Gasteiger partial charge in [0.1, 0.15) is 6.61 Å². The lowest BCUT2D eigenvalue weighted by atomic mass is 10.1. The third-order valence-electron chi connectivity index (χ3n) is 5.18. The maximum Gasteiger partial charge on any atom is 0.409 e. The Morgan fingerprint density at radius 3 is 2.61 bits per heavy atom. The van der Waals surface area contributed by atoms with Crippen LogP contribution >= 0.6 is 24.0 Å². The Hall–Kier alpha value is -2.56. The number of aromatic nitrogens is 1. The van der Waals surface area contributed by atoms with Gasteiger partial charge in [0.2, 0.25) is 5.88 Å². The first-order valence-corrected chi connectivity index (χ1v) is 11.3. The van der Waals surface area contributed by atoms with Crippen molar-refractivity contribution in [1.82, 2.24) is 20.5 Å². The van der Waals surface area contributed by atoms with Crippen molar-refractivity contribution in [2.45, 2.75) is 45.9 Å². The topological polar surface area (TPSA) is 88.1 Å². The van der Waals surface area contributed by atoms with Gasteiger partial charge in [-0.2, -0.15) is 0 Å². The maximum atomic E-state index is 11.9. The fourth-order valence-corrected chi connectivity index (χ4v) is 3.50. The van der Waals surface area contributed by atoms with Crippen molar-refractivity contribution in [1.29, 1.82) is 0 Å². The van der Waals surface area contributed by atoms with E-state index >= 15 is 0 Å².